The first-order chi connectivity index (χ1) is 9.60. The molecule has 0 aliphatic rings. The number of aromatic hydroxyl groups is 1. The van der Waals surface area contributed by atoms with Gasteiger partial charge in [-0.3, -0.25) is 0 Å². The lowest BCUT2D eigenvalue weighted by Gasteiger charge is -2.09. The van der Waals surface area contributed by atoms with Gasteiger partial charge in [0.25, 0.3) is 0 Å². The van der Waals surface area contributed by atoms with Crippen molar-refractivity contribution >= 4 is 5.97 Å². The lowest BCUT2D eigenvalue weighted by molar-refractivity contribution is 0.0425. The predicted molar refractivity (Wildman–Crippen MR) is 78.6 cm³/mol. The molecule has 20 heavy (non-hydrogen) atoms. The van der Waals surface area contributed by atoms with E-state index in [0.29, 0.717) is 5.56 Å². The number of ether oxygens (including phenoxy) is 1. The molecule has 0 saturated carbocycles. The van der Waals surface area contributed by atoms with Crippen molar-refractivity contribution in [3.8, 4) is 16.9 Å². The van der Waals surface area contributed by atoms with Crippen molar-refractivity contribution in [3.63, 3.8) is 0 Å². The van der Waals surface area contributed by atoms with Crippen LogP contribution in [0.5, 0.6) is 5.75 Å². The molecule has 0 bridgehead atoms. The fourth-order valence-corrected chi connectivity index (χ4v) is 1.74. The second-order valence-corrected chi connectivity index (χ2v) is 4.47. The van der Waals surface area contributed by atoms with Crippen molar-refractivity contribution in [1.29, 1.82) is 0 Å². The standard InChI is InChI=1S/C17H16O3/c1-3-12(2)20-17(19)15-6-4-13(5-7-15)14-8-10-16(18)11-9-14/h3-12,18H,1H2,2H3. The van der Waals surface area contributed by atoms with Crippen LogP contribution in [0.4, 0.5) is 0 Å². The molecule has 0 fully saturated rings. The highest BCUT2D eigenvalue weighted by molar-refractivity contribution is 5.90. The minimum atomic E-state index is -0.366. The summed E-state index contributed by atoms with van der Waals surface area (Å²) in [6.07, 6.45) is 1.27. The summed E-state index contributed by atoms with van der Waals surface area (Å²) in [5, 5.41) is 9.26. The first kappa shape index (κ1) is 13.9. The number of benzene rings is 2. The van der Waals surface area contributed by atoms with Crippen molar-refractivity contribution in [2.24, 2.45) is 0 Å². The smallest absolute Gasteiger partial charge is 0.338 e. The zero-order valence-electron chi connectivity index (χ0n) is 11.2. The summed E-state index contributed by atoms with van der Waals surface area (Å²) in [4.78, 5) is 11.8. The molecule has 3 heteroatoms. The summed E-state index contributed by atoms with van der Waals surface area (Å²) in [6.45, 7) is 5.33. The van der Waals surface area contributed by atoms with Crippen LogP contribution in [-0.4, -0.2) is 17.2 Å². The van der Waals surface area contributed by atoms with Crippen molar-refractivity contribution < 1.29 is 14.6 Å². The molecule has 0 aliphatic carbocycles. The number of esters is 1. The van der Waals surface area contributed by atoms with Crippen LogP contribution >= 0.6 is 0 Å². The molecule has 0 saturated heterocycles. The van der Waals surface area contributed by atoms with Crippen LogP contribution in [0.15, 0.2) is 61.2 Å². The maximum absolute atomic E-state index is 11.8. The zero-order chi connectivity index (χ0) is 14.5. The Labute approximate surface area is 118 Å². The highest BCUT2D eigenvalue weighted by Gasteiger charge is 2.09. The van der Waals surface area contributed by atoms with Crippen LogP contribution in [0.2, 0.25) is 0 Å². The molecule has 102 valence electrons. The van der Waals surface area contributed by atoms with E-state index in [4.69, 9.17) is 4.74 Å². The Morgan fingerprint density at radius 3 is 2.10 bits per heavy atom. The number of hydrogen-bond donors (Lipinski definition) is 1. The lowest BCUT2D eigenvalue weighted by atomic mass is 10.0. The van der Waals surface area contributed by atoms with Crippen molar-refractivity contribution in [2.45, 2.75) is 13.0 Å². The Morgan fingerprint density at radius 2 is 1.60 bits per heavy atom. The number of phenols is 1. The predicted octanol–water partition coefficient (Wildman–Crippen LogP) is 3.79. The second kappa shape index (κ2) is 6.06. The van der Waals surface area contributed by atoms with Crippen LogP contribution in [0.3, 0.4) is 0 Å². The van der Waals surface area contributed by atoms with E-state index in [2.05, 4.69) is 6.58 Å². The maximum Gasteiger partial charge on any atom is 0.338 e. The SMILES string of the molecule is C=CC(C)OC(=O)c1ccc(-c2ccc(O)cc2)cc1. The topological polar surface area (TPSA) is 46.5 Å². The molecule has 1 atom stereocenters. The quantitative estimate of drug-likeness (QED) is 0.678. The average molecular weight is 268 g/mol. The van der Waals surface area contributed by atoms with Crippen LogP contribution < -0.4 is 0 Å². The number of phenolic OH excluding ortho intramolecular Hbond substituents is 1. The molecule has 0 radical (unpaired) electrons. The van der Waals surface area contributed by atoms with Gasteiger partial charge in [-0.1, -0.05) is 36.9 Å². The molecule has 1 unspecified atom stereocenters. The Morgan fingerprint density at radius 1 is 1.10 bits per heavy atom. The van der Waals surface area contributed by atoms with Crippen LogP contribution in [0.25, 0.3) is 11.1 Å². The summed E-state index contributed by atoms with van der Waals surface area (Å²) < 4.78 is 5.16. The molecular weight excluding hydrogens is 252 g/mol. The van der Waals surface area contributed by atoms with Crippen LogP contribution in [0.1, 0.15) is 17.3 Å². The van der Waals surface area contributed by atoms with Gasteiger partial charge in [0.2, 0.25) is 0 Å². The molecule has 2 rings (SSSR count). The van der Waals surface area contributed by atoms with E-state index in [1.54, 1.807) is 37.3 Å². The third-order valence-corrected chi connectivity index (χ3v) is 2.95. The van der Waals surface area contributed by atoms with Gasteiger partial charge in [0, 0.05) is 0 Å². The molecule has 1 N–H and O–H groups in total. The van der Waals surface area contributed by atoms with Crippen LogP contribution in [0, 0.1) is 0 Å². The van der Waals surface area contributed by atoms with E-state index in [0.717, 1.165) is 11.1 Å². The Kier molecular flexibility index (Phi) is 4.20. The summed E-state index contributed by atoms with van der Waals surface area (Å²) in [5.74, 6) is -0.137. The van der Waals surface area contributed by atoms with Gasteiger partial charge in [0.05, 0.1) is 5.56 Å². The van der Waals surface area contributed by atoms with Gasteiger partial charge in [-0.2, -0.15) is 0 Å². The summed E-state index contributed by atoms with van der Waals surface area (Å²) >= 11 is 0. The Balaban J connectivity index is 2.15. The minimum Gasteiger partial charge on any atom is -0.508 e. The molecule has 0 heterocycles. The highest BCUT2D eigenvalue weighted by atomic mass is 16.5. The summed E-state index contributed by atoms with van der Waals surface area (Å²) in [5.41, 5.74) is 2.45. The third kappa shape index (κ3) is 3.26. The molecule has 0 aliphatic heterocycles. The van der Waals surface area contributed by atoms with Gasteiger partial charge in [-0.25, -0.2) is 4.79 Å². The molecule has 2 aromatic rings. The van der Waals surface area contributed by atoms with Gasteiger partial charge in [0.15, 0.2) is 0 Å². The van der Waals surface area contributed by atoms with Crippen molar-refractivity contribution in [2.75, 3.05) is 0 Å². The van der Waals surface area contributed by atoms with E-state index >= 15 is 0 Å². The van der Waals surface area contributed by atoms with E-state index in [-0.39, 0.29) is 17.8 Å². The third-order valence-electron chi connectivity index (χ3n) is 2.95. The van der Waals surface area contributed by atoms with Gasteiger partial charge in [-0.05, 0) is 42.3 Å². The molecule has 2 aromatic carbocycles. The Hall–Kier alpha value is -2.55. The number of hydrogen-bond acceptors (Lipinski definition) is 3. The number of carbonyl (C=O) groups is 1. The number of carbonyl (C=O) groups excluding carboxylic acids is 1. The molecule has 0 spiro atoms. The first-order valence-corrected chi connectivity index (χ1v) is 6.33. The fraction of sp³-hybridized carbons (Fsp3) is 0.118. The Bertz CT molecular complexity index is 597. The minimum absolute atomic E-state index is 0.229. The van der Waals surface area contributed by atoms with Crippen molar-refractivity contribution in [3.05, 3.63) is 66.7 Å². The molecular formula is C17H16O3. The van der Waals surface area contributed by atoms with E-state index < -0.39 is 0 Å². The fourth-order valence-electron chi connectivity index (χ4n) is 1.74. The number of rotatable bonds is 4. The maximum atomic E-state index is 11.8. The van der Waals surface area contributed by atoms with Gasteiger partial charge in [-0.15, -0.1) is 0 Å². The second-order valence-electron chi connectivity index (χ2n) is 4.47. The normalized spacial score (nSPS) is 11.7. The first-order valence-electron chi connectivity index (χ1n) is 6.33. The zero-order valence-corrected chi connectivity index (χ0v) is 11.2. The molecule has 0 aromatic heterocycles. The summed E-state index contributed by atoms with van der Waals surface area (Å²) in [7, 11) is 0. The van der Waals surface area contributed by atoms with Gasteiger partial charge < -0.3 is 9.84 Å². The van der Waals surface area contributed by atoms with Crippen LogP contribution in [-0.2, 0) is 4.74 Å². The monoisotopic (exact) mass is 268 g/mol. The van der Waals surface area contributed by atoms with Gasteiger partial charge in [0.1, 0.15) is 11.9 Å². The summed E-state index contributed by atoms with van der Waals surface area (Å²) in [6, 6.07) is 14.0. The van der Waals surface area contributed by atoms with Gasteiger partial charge >= 0.3 is 5.97 Å². The average Bonchev–Trinajstić information content (AvgIpc) is 2.48. The molecule has 3 nitrogen and oxygen atoms in total. The highest BCUT2D eigenvalue weighted by Crippen LogP contribution is 2.22. The molecule has 0 amide bonds. The van der Waals surface area contributed by atoms with E-state index in [1.165, 1.54) is 0 Å². The van der Waals surface area contributed by atoms with Crippen molar-refractivity contribution in [1.82, 2.24) is 0 Å². The lowest BCUT2D eigenvalue weighted by Crippen LogP contribution is -2.12. The largest absolute Gasteiger partial charge is 0.508 e. The van der Waals surface area contributed by atoms with E-state index in [1.807, 2.05) is 24.3 Å². The van der Waals surface area contributed by atoms with E-state index in [9.17, 15) is 9.90 Å².